The van der Waals surface area contributed by atoms with Crippen molar-refractivity contribution in [2.24, 2.45) is 0 Å². The van der Waals surface area contributed by atoms with Gasteiger partial charge in [0.25, 0.3) is 0 Å². The Morgan fingerprint density at radius 1 is 1.07 bits per heavy atom. The van der Waals surface area contributed by atoms with Crippen molar-refractivity contribution in [1.82, 2.24) is 10.3 Å². The van der Waals surface area contributed by atoms with Gasteiger partial charge in [-0.1, -0.05) is 42.0 Å². The van der Waals surface area contributed by atoms with E-state index >= 15 is 0 Å². The molecule has 30 heavy (non-hydrogen) atoms. The minimum Gasteiger partial charge on any atom is -0.361 e. The van der Waals surface area contributed by atoms with Crippen LogP contribution in [0.15, 0.2) is 77.1 Å². The maximum Gasteiger partial charge on any atom is 0.239 e. The molecule has 0 spiro atoms. The molecule has 0 aliphatic heterocycles. The number of sulfone groups is 1. The SMILES string of the molecule is Cc1ccc(S(=O)(=O)C(Cc2c[nH]c3ccccc23)C(=O)NCc2cccs2)cc1. The number of H-pyrrole nitrogens is 1. The van der Waals surface area contributed by atoms with Crippen LogP contribution in [0.1, 0.15) is 16.0 Å². The van der Waals surface area contributed by atoms with Gasteiger partial charge in [0, 0.05) is 28.4 Å². The van der Waals surface area contributed by atoms with Crippen molar-refractivity contribution in [2.75, 3.05) is 0 Å². The second-order valence-electron chi connectivity index (χ2n) is 7.21. The Kier molecular flexibility index (Phi) is 5.74. The first kappa shape index (κ1) is 20.4. The van der Waals surface area contributed by atoms with Gasteiger partial charge < -0.3 is 10.3 Å². The van der Waals surface area contributed by atoms with E-state index in [1.165, 1.54) is 11.3 Å². The average Bonchev–Trinajstić information content (AvgIpc) is 3.40. The molecule has 0 bridgehead atoms. The highest BCUT2D eigenvalue weighted by atomic mass is 32.2. The van der Waals surface area contributed by atoms with E-state index in [1.807, 2.05) is 48.7 Å². The molecule has 5 nitrogen and oxygen atoms in total. The van der Waals surface area contributed by atoms with Crippen LogP contribution in [0.4, 0.5) is 0 Å². The predicted molar refractivity (Wildman–Crippen MR) is 120 cm³/mol. The highest BCUT2D eigenvalue weighted by molar-refractivity contribution is 7.92. The molecule has 1 atom stereocenters. The van der Waals surface area contributed by atoms with E-state index in [0.29, 0.717) is 6.54 Å². The van der Waals surface area contributed by atoms with Crippen molar-refractivity contribution in [1.29, 1.82) is 0 Å². The summed E-state index contributed by atoms with van der Waals surface area (Å²) in [5, 5.41) is 4.44. The lowest BCUT2D eigenvalue weighted by molar-refractivity contribution is -0.120. The summed E-state index contributed by atoms with van der Waals surface area (Å²) in [5.41, 5.74) is 2.68. The highest BCUT2D eigenvalue weighted by Gasteiger charge is 2.34. The summed E-state index contributed by atoms with van der Waals surface area (Å²) >= 11 is 1.52. The molecule has 4 aromatic rings. The van der Waals surface area contributed by atoms with Crippen LogP contribution >= 0.6 is 11.3 Å². The van der Waals surface area contributed by atoms with Gasteiger partial charge >= 0.3 is 0 Å². The molecule has 0 saturated heterocycles. The monoisotopic (exact) mass is 438 g/mol. The normalized spacial score (nSPS) is 12.7. The van der Waals surface area contributed by atoms with E-state index in [-0.39, 0.29) is 11.3 Å². The quantitative estimate of drug-likeness (QED) is 0.453. The Morgan fingerprint density at radius 3 is 2.57 bits per heavy atom. The summed E-state index contributed by atoms with van der Waals surface area (Å²) in [6.45, 7) is 2.21. The van der Waals surface area contributed by atoms with Crippen LogP contribution in [0.2, 0.25) is 0 Å². The smallest absolute Gasteiger partial charge is 0.239 e. The molecule has 2 N–H and O–H groups in total. The maximum atomic E-state index is 13.4. The molecule has 1 unspecified atom stereocenters. The lowest BCUT2D eigenvalue weighted by Gasteiger charge is -2.17. The summed E-state index contributed by atoms with van der Waals surface area (Å²) in [6, 6.07) is 18.1. The van der Waals surface area contributed by atoms with E-state index < -0.39 is 21.0 Å². The molecule has 0 saturated carbocycles. The Morgan fingerprint density at radius 2 is 1.83 bits per heavy atom. The third kappa shape index (κ3) is 4.17. The van der Waals surface area contributed by atoms with Crippen LogP contribution < -0.4 is 5.32 Å². The van der Waals surface area contributed by atoms with Crippen LogP contribution in [0.5, 0.6) is 0 Å². The van der Waals surface area contributed by atoms with Crippen LogP contribution in [0.25, 0.3) is 10.9 Å². The Bertz CT molecular complexity index is 1260. The maximum absolute atomic E-state index is 13.4. The topological polar surface area (TPSA) is 79.0 Å². The van der Waals surface area contributed by atoms with Crippen LogP contribution in [0.3, 0.4) is 0 Å². The predicted octanol–water partition coefficient (Wildman–Crippen LogP) is 4.24. The molecule has 0 aliphatic carbocycles. The number of thiophene rings is 1. The average molecular weight is 439 g/mol. The Labute approximate surface area is 179 Å². The van der Waals surface area contributed by atoms with Crippen LogP contribution in [-0.4, -0.2) is 24.6 Å². The van der Waals surface area contributed by atoms with Crippen molar-refractivity contribution >= 4 is 38.0 Å². The summed E-state index contributed by atoms with van der Waals surface area (Å²) in [5.74, 6) is -0.491. The molecule has 1 amide bonds. The summed E-state index contributed by atoms with van der Waals surface area (Å²) < 4.78 is 26.9. The van der Waals surface area contributed by atoms with Crippen molar-refractivity contribution in [3.05, 3.63) is 88.2 Å². The number of aryl methyl sites for hydroxylation is 1. The van der Waals surface area contributed by atoms with Gasteiger partial charge in [-0.05, 0) is 42.1 Å². The molecular weight excluding hydrogens is 416 g/mol. The number of carbonyl (C=O) groups is 1. The zero-order valence-corrected chi connectivity index (χ0v) is 18.1. The third-order valence-corrected chi connectivity index (χ3v) is 8.05. The summed E-state index contributed by atoms with van der Waals surface area (Å²) in [7, 11) is -3.88. The molecule has 7 heteroatoms. The van der Waals surface area contributed by atoms with Gasteiger partial charge in [0.05, 0.1) is 11.4 Å². The van der Waals surface area contributed by atoms with Crippen molar-refractivity contribution in [2.45, 2.75) is 30.0 Å². The van der Waals surface area contributed by atoms with Crippen molar-refractivity contribution in [3.63, 3.8) is 0 Å². The highest BCUT2D eigenvalue weighted by Crippen LogP contribution is 2.25. The number of hydrogen-bond donors (Lipinski definition) is 2. The Hall–Kier alpha value is -2.90. The number of carbonyl (C=O) groups excluding carboxylic acids is 1. The fraction of sp³-hybridized carbons (Fsp3) is 0.174. The summed E-state index contributed by atoms with van der Waals surface area (Å²) in [4.78, 5) is 17.4. The fourth-order valence-corrected chi connectivity index (χ4v) is 5.69. The first-order valence-electron chi connectivity index (χ1n) is 9.61. The minimum atomic E-state index is -3.88. The number of amides is 1. The number of para-hydroxylation sites is 1. The zero-order valence-electron chi connectivity index (χ0n) is 16.5. The molecule has 0 fully saturated rings. The lowest BCUT2D eigenvalue weighted by atomic mass is 10.1. The number of benzene rings is 2. The van der Waals surface area contributed by atoms with E-state index in [4.69, 9.17) is 0 Å². The van der Waals surface area contributed by atoms with Gasteiger partial charge in [0.1, 0.15) is 5.25 Å². The van der Waals surface area contributed by atoms with Gasteiger partial charge in [-0.3, -0.25) is 4.79 Å². The van der Waals surface area contributed by atoms with Crippen molar-refractivity contribution in [3.8, 4) is 0 Å². The number of fused-ring (bicyclic) bond motifs is 1. The molecular formula is C23H22N2O3S2. The molecule has 0 radical (unpaired) electrons. The molecule has 2 aromatic heterocycles. The standard InChI is InChI=1S/C23H22N2O3S2/c1-16-8-10-19(11-9-16)30(27,28)22(23(26)25-15-18-5-4-12-29-18)13-17-14-24-21-7-3-2-6-20(17)21/h2-12,14,22,24H,13,15H2,1H3,(H,25,26). The molecule has 2 heterocycles. The second kappa shape index (κ2) is 8.45. The third-order valence-electron chi connectivity index (χ3n) is 5.11. The zero-order chi connectivity index (χ0) is 21.1. The fourth-order valence-electron chi connectivity index (χ4n) is 3.44. The second-order valence-corrected chi connectivity index (χ2v) is 10.4. The first-order chi connectivity index (χ1) is 14.4. The first-order valence-corrected chi connectivity index (χ1v) is 12.0. The van der Waals surface area contributed by atoms with Gasteiger partial charge in [-0.2, -0.15) is 0 Å². The largest absolute Gasteiger partial charge is 0.361 e. The molecule has 4 rings (SSSR count). The molecule has 0 aliphatic rings. The van der Waals surface area contributed by atoms with Gasteiger partial charge in [-0.15, -0.1) is 11.3 Å². The Balaban J connectivity index is 1.68. The summed E-state index contributed by atoms with van der Waals surface area (Å²) in [6.07, 6.45) is 1.88. The molecule has 2 aromatic carbocycles. The van der Waals surface area contributed by atoms with Gasteiger partial charge in [0.2, 0.25) is 5.91 Å². The van der Waals surface area contributed by atoms with Gasteiger partial charge in [0.15, 0.2) is 9.84 Å². The van der Waals surface area contributed by atoms with E-state index in [1.54, 1.807) is 30.5 Å². The minimum absolute atomic E-state index is 0.0937. The van der Waals surface area contributed by atoms with Gasteiger partial charge in [-0.25, -0.2) is 8.42 Å². The van der Waals surface area contributed by atoms with E-state index in [2.05, 4.69) is 10.3 Å². The number of hydrogen-bond acceptors (Lipinski definition) is 4. The number of aromatic amines is 1. The van der Waals surface area contributed by atoms with Crippen molar-refractivity contribution < 1.29 is 13.2 Å². The van der Waals surface area contributed by atoms with E-state index in [0.717, 1.165) is 26.9 Å². The van der Waals surface area contributed by atoms with Crippen LogP contribution in [-0.2, 0) is 27.6 Å². The van der Waals surface area contributed by atoms with E-state index in [9.17, 15) is 13.2 Å². The lowest BCUT2D eigenvalue weighted by Crippen LogP contribution is -2.41. The van der Waals surface area contributed by atoms with Crippen LogP contribution in [0, 0.1) is 6.92 Å². The molecule has 154 valence electrons. The number of nitrogens with one attached hydrogen (secondary N) is 2. The number of aromatic nitrogens is 1. The number of rotatable bonds is 7.